The fraction of sp³-hybridized carbons (Fsp3) is 0.217. The van der Waals surface area contributed by atoms with Crippen LogP contribution < -0.4 is 10.0 Å². The quantitative estimate of drug-likeness (QED) is 0.575. The third kappa shape index (κ3) is 4.54. The molecule has 1 aliphatic heterocycles. The van der Waals surface area contributed by atoms with E-state index >= 15 is 0 Å². The molecule has 2 aromatic carbocycles. The number of benzene rings is 2. The number of carbonyl (C=O) groups excluding carboxylic acids is 2. The van der Waals surface area contributed by atoms with E-state index in [1.807, 2.05) is 11.4 Å². The summed E-state index contributed by atoms with van der Waals surface area (Å²) in [5.74, 6) is -1.81. The number of carbonyl (C=O) groups is 2. The van der Waals surface area contributed by atoms with E-state index in [4.69, 9.17) is 0 Å². The first kappa shape index (κ1) is 23.1. The van der Waals surface area contributed by atoms with Crippen molar-refractivity contribution in [1.29, 1.82) is 0 Å². The topological polar surface area (TPSA) is 95.6 Å². The molecule has 2 amide bonds. The lowest BCUT2D eigenvalue weighted by molar-refractivity contribution is 0.0735. The van der Waals surface area contributed by atoms with Crippen molar-refractivity contribution in [1.82, 2.24) is 9.62 Å². The highest BCUT2D eigenvalue weighted by atomic mass is 32.2. The zero-order chi connectivity index (χ0) is 23.8. The van der Waals surface area contributed by atoms with Gasteiger partial charge in [0.1, 0.15) is 5.82 Å². The number of rotatable bonds is 5. The average Bonchev–Trinajstić information content (AvgIpc) is 3.28. The van der Waals surface area contributed by atoms with Crippen molar-refractivity contribution in [3.8, 4) is 0 Å². The standard InChI is InChI=1S/C23H22FN3O4S2/c1-14-17(23(29)27-10-8-21-15(13-27)9-11-32-21)4-3-5-20(14)26-22(28)18-12-16(6-7-19(18)24)33(30,31)25-2/h3-7,9,11-12,25H,8,10,13H2,1-2H3,(H,26,28). The van der Waals surface area contributed by atoms with Gasteiger partial charge in [0.15, 0.2) is 0 Å². The number of nitrogens with zero attached hydrogens (tertiary/aromatic N) is 1. The SMILES string of the molecule is CNS(=O)(=O)c1ccc(F)c(C(=O)Nc2cccc(C(=O)N3CCc4sccc4C3)c2C)c1. The number of hydrogen-bond donors (Lipinski definition) is 2. The summed E-state index contributed by atoms with van der Waals surface area (Å²) in [6, 6.07) is 9.97. The Bertz CT molecular complexity index is 1350. The first-order valence-corrected chi connectivity index (χ1v) is 12.6. The van der Waals surface area contributed by atoms with Crippen molar-refractivity contribution in [2.75, 3.05) is 18.9 Å². The Morgan fingerprint density at radius 2 is 1.91 bits per heavy atom. The van der Waals surface area contributed by atoms with Crippen molar-refractivity contribution in [3.05, 3.63) is 80.8 Å². The van der Waals surface area contributed by atoms with Crippen LogP contribution in [0.15, 0.2) is 52.7 Å². The van der Waals surface area contributed by atoms with E-state index in [0.717, 1.165) is 30.2 Å². The Hall–Kier alpha value is -3.08. The summed E-state index contributed by atoms with van der Waals surface area (Å²) in [6.07, 6.45) is 0.805. The van der Waals surface area contributed by atoms with Gasteiger partial charge in [-0.3, -0.25) is 9.59 Å². The van der Waals surface area contributed by atoms with Gasteiger partial charge in [-0.1, -0.05) is 6.07 Å². The molecule has 0 saturated heterocycles. The van der Waals surface area contributed by atoms with E-state index in [-0.39, 0.29) is 10.8 Å². The molecular formula is C23H22FN3O4S2. The van der Waals surface area contributed by atoms with Crippen LogP contribution in [0.3, 0.4) is 0 Å². The molecule has 0 fully saturated rings. The van der Waals surface area contributed by atoms with Crippen LogP contribution in [0.2, 0.25) is 0 Å². The average molecular weight is 488 g/mol. The predicted molar refractivity (Wildman–Crippen MR) is 125 cm³/mol. The van der Waals surface area contributed by atoms with Crippen molar-refractivity contribution in [2.24, 2.45) is 0 Å². The van der Waals surface area contributed by atoms with Crippen LogP contribution in [0.5, 0.6) is 0 Å². The molecule has 0 radical (unpaired) electrons. The number of fused-ring (bicyclic) bond motifs is 1. The van der Waals surface area contributed by atoms with E-state index in [1.165, 1.54) is 11.9 Å². The molecule has 172 valence electrons. The molecule has 2 N–H and O–H groups in total. The van der Waals surface area contributed by atoms with E-state index in [2.05, 4.69) is 10.0 Å². The van der Waals surface area contributed by atoms with Crippen molar-refractivity contribution >= 4 is 38.9 Å². The predicted octanol–water partition coefficient (Wildman–Crippen LogP) is 3.55. The van der Waals surface area contributed by atoms with Gasteiger partial charge in [-0.05, 0) is 73.3 Å². The van der Waals surface area contributed by atoms with E-state index in [9.17, 15) is 22.4 Å². The minimum Gasteiger partial charge on any atom is -0.334 e. The Kier molecular flexibility index (Phi) is 6.33. The second-order valence-corrected chi connectivity index (χ2v) is 10.5. The summed E-state index contributed by atoms with van der Waals surface area (Å²) in [5.41, 5.74) is 2.07. The summed E-state index contributed by atoms with van der Waals surface area (Å²) in [5, 5.41) is 4.63. The Morgan fingerprint density at radius 3 is 2.67 bits per heavy atom. The zero-order valence-electron chi connectivity index (χ0n) is 18.0. The van der Waals surface area contributed by atoms with E-state index in [0.29, 0.717) is 29.9 Å². The van der Waals surface area contributed by atoms with Crippen LogP contribution in [0.4, 0.5) is 10.1 Å². The Labute approximate surface area is 195 Å². The van der Waals surface area contributed by atoms with Gasteiger partial charge in [0, 0.05) is 29.2 Å². The number of hydrogen-bond acceptors (Lipinski definition) is 5. The van der Waals surface area contributed by atoms with Crippen LogP contribution in [-0.4, -0.2) is 38.7 Å². The van der Waals surface area contributed by atoms with Crippen LogP contribution in [-0.2, 0) is 23.0 Å². The molecule has 7 nitrogen and oxygen atoms in total. The van der Waals surface area contributed by atoms with Gasteiger partial charge in [-0.15, -0.1) is 11.3 Å². The number of nitrogens with one attached hydrogen (secondary N) is 2. The van der Waals surface area contributed by atoms with Gasteiger partial charge >= 0.3 is 0 Å². The molecule has 1 aromatic heterocycles. The maximum absolute atomic E-state index is 14.3. The Morgan fingerprint density at radius 1 is 1.12 bits per heavy atom. The van der Waals surface area contributed by atoms with Gasteiger partial charge < -0.3 is 10.2 Å². The molecule has 1 aliphatic rings. The highest BCUT2D eigenvalue weighted by Crippen LogP contribution is 2.27. The first-order chi connectivity index (χ1) is 15.7. The van der Waals surface area contributed by atoms with Crippen LogP contribution in [0, 0.1) is 12.7 Å². The fourth-order valence-corrected chi connectivity index (χ4v) is 5.39. The normalized spacial score (nSPS) is 13.5. The van der Waals surface area contributed by atoms with Crippen LogP contribution >= 0.6 is 11.3 Å². The van der Waals surface area contributed by atoms with Crippen molar-refractivity contribution in [3.63, 3.8) is 0 Å². The smallest absolute Gasteiger partial charge is 0.258 e. The van der Waals surface area contributed by atoms with Crippen LogP contribution in [0.25, 0.3) is 0 Å². The van der Waals surface area contributed by atoms with Crippen molar-refractivity contribution in [2.45, 2.75) is 24.8 Å². The molecule has 10 heteroatoms. The largest absolute Gasteiger partial charge is 0.334 e. The molecular weight excluding hydrogens is 465 g/mol. The number of thiophene rings is 1. The second kappa shape index (κ2) is 9.05. The van der Waals surface area contributed by atoms with Crippen LogP contribution in [0.1, 0.15) is 36.7 Å². The first-order valence-electron chi connectivity index (χ1n) is 10.2. The molecule has 0 atom stereocenters. The maximum atomic E-state index is 14.3. The minimum absolute atomic E-state index is 0.145. The molecule has 0 bridgehead atoms. The third-order valence-corrected chi connectivity index (χ3v) is 8.10. The summed E-state index contributed by atoms with van der Waals surface area (Å²) in [6.45, 7) is 2.85. The molecule has 33 heavy (non-hydrogen) atoms. The highest BCUT2D eigenvalue weighted by molar-refractivity contribution is 7.89. The molecule has 2 heterocycles. The number of anilines is 1. The van der Waals surface area contributed by atoms with Gasteiger partial charge in [0.05, 0.1) is 10.5 Å². The monoisotopic (exact) mass is 487 g/mol. The molecule has 0 aliphatic carbocycles. The summed E-state index contributed by atoms with van der Waals surface area (Å²) in [4.78, 5) is 28.8. The molecule has 4 rings (SSSR count). The van der Waals surface area contributed by atoms with E-state index < -0.39 is 27.3 Å². The lowest BCUT2D eigenvalue weighted by Crippen LogP contribution is -2.35. The second-order valence-electron chi connectivity index (χ2n) is 7.63. The molecule has 0 spiro atoms. The number of amides is 2. The lowest BCUT2D eigenvalue weighted by Gasteiger charge is -2.28. The van der Waals surface area contributed by atoms with Gasteiger partial charge in [0.2, 0.25) is 10.0 Å². The molecule has 0 saturated carbocycles. The highest BCUT2D eigenvalue weighted by Gasteiger charge is 2.25. The van der Waals surface area contributed by atoms with Gasteiger partial charge in [0.25, 0.3) is 11.8 Å². The van der Waals surface area contributed by atoms with Gasteiger partial charge in [-0.2, -0.15) is 0 Å². The van der Waals surface area contributed by atoms with Crippen molar-refractivity contribution < 1.29 is 22.4 Å². The summed E-state index contributed by atoms with van der Waals surface area (Å²) >= 11 is 1.69. The molecule has 0 unspecified atom stereocenters. The zero-order valence-corrected chi connectivity index (χ0v) is 19.6. The fourth-order valence-electron chi connectivity index (χ4n) is 3.75. The number of halogens is 1. The maximum Gasteiger partial charge on any atom is 0.258 e. The van der Waals surface area contributed by atoms with Gasteiger partial charge in [-0.25, -0.2) is 17.5 Å². The molecule has 3 aromatic rings. The summed E-state index contributed by atoms with van der Waals surface area (Å²) in [7, 11) is -2.62. The Balaban J connectivity index is 1.58. The number of sulfonamides is 1. The van der Waals surface area contributed by atoms with E-state index in [1.54, 1.807) is 41.4 Å². The minimum atomic E-state index is -3.85. The third-order valence-electron chi connectivity index (χ3n) is 5.67. The summed E-state index contributed by atoms with van der Waals surface area (Å²) < 4.78 is 40.5. The lowest BCUT2D eigenvalue weighted by atomic mass is 10.0.